The number of hydrogen-bond acceptors (Lipinski definition) is 3. The van der Waals surface area contributed by atoms with Crippen molar-refractivity contribution < 1.29 is 4.55 Å². The fourth-order valence-electron chi connectivity index (χ4n) is 1.04. The number of nitrogens with zero attached hydrogens (tertiary/aromatic N) is 1. The Hall–Kier alpha value is -0.0600. The Bertz CT molecular complexity index is 268. The van der Waals surface area contributed by atoms with Gasteiger partial charge < -0.3 is 4.55 Å². The molecule has 0 fully saturated rings. The Morgan fingerprint density at radius 2 is 2.08 bits per heavy atom. The third kappa shape index (κ3) is 2.00. The number of hydrogen-bond donors (Lipinski definition) is 0. The van der Waals surface area contributed by atoms with Crippen LogP contribution in [0.2, 0.25) is 0 Å². The highest BCUT2D eigenvalue weighted by atomic mass is 32.2. The molecule has 0 spiro atoms. The summed E-state index contributed by atoms with van der Waals surface area (Å²) >= 11 is 0.612. The minimum absolute atomic E-state index is 0.429. The molecule has 0 bridgehead atoms. The second kappa shape index (κ2) is 3.77. The average molecular weight is 203 g/mol. The second-order valence-corrected chi connectivity index (χ2v) is 5.79. The van der Waals surface area contributed by atoms with Crippen LogP contribution < -0.4 is 0 Å². The molecule has 0 aliphatic carbocycles. The largest absolute Gasteiger partial charge is 0.610 e. The Morgan fingerprint density at radius 3 is 2.33 bits per heavy atom. The molecule has 1 heterocycles. The second-order valence-electron chi connectivity index (χ2n) is 3.03. The molecule has 0 aliphatic rings. The molecule has 1 aromatic heterocycles. The van der Waals surface area contributed by atoms with E-state index in [1.54, 1.807) is 6.26 Å². The lowest BCUT2D eigenvalue weighted by Crippen LogP contribution is -1.97. The van der Waals surface area contributed by atoms with Gasteiger partial charge in [0.25, 0.3) is 0 Å². The van der Waals surface area contributed by atoms with Crippen molar-refractivity contribution in [3.05, 3.63) is 10.6 Å². The van der Waals surface area contributed by atoms with Gasteiger partial charge in [-0.2, -0.15) is 4.98 Å². The SMILES string of the molecule is Cc1sc([S+](C)[O-])nc1C(C)C. The molecule has 1 atom stereocenters. The van der Waals surface area contributed by atoms with Crippen molar-refractivity contribution in [1.29, 1.82) is 0 Å². The van der Waals surface area contributed by atoms with Crippen molar-refractivity contribution in [2.75, 3.05) is 6.26 Å². The zero-order valence-electron chi connectivity index (χ0n) is 7.75. The van der Waals surface area contributed by atoms with Gasteiger partial charge in [0.15, 0.2) is 0 Å². The lowest BCUT2D eigenvalue weighted by Gasteiger charge is -1.99. The smallest absolute Gasteiger partial charge is 0.301 e. The zero-order valence-corrected chi connectivity index (χ0v) is 9.38. The van der Waals surface area contributed by atoms with E-state index in [4.69, 9.17) is 0 Å². The van der Waals surface area contributed by atoms with Crippen molar-refractivity contribution >= 4 is 22.5 Å². The molecule has 0 amide bonds. The van der Waals surface area contributed by atoms with Crippen LogP contribution >= 0.6 is 11.3 Å². The van der Waals surface area contributed by atoms with Gasteiger partial charge in [0.2, 0.25) is 0 Å². The molecule has 4 heteroatoms. The quantitative estimate of drug-likeness (QED) is 0.691. The Morgan fingerprint density at radius 1 is 1.50 bits per heavy atom. The van der Waals surface area contributed by atoms with Gasteiger partial charge in [-0.1, -0.05) is 25.2 Å². The molecule has 1 unspecified atom stereocenters. The molecule has 0 aliphatic heterocycles. The van der Waals surface area contributed by atoms with Gasteiger partial charge in [0.05, 0.1) is 5.69 Å². The highest BCUT2D eigenvalue weighted by molar-refractivity contribution is 7.92. The topological polar surface area (TPSA) is 36.0 Å². The van der Waals surface area contributed by atoms with Crippen LogP contribution in [0.1, 0.15) is 30.3 Å². The van der Waals surface area contributed by atoms with Crippen molar-refractivity contribution in [1.82, 2.24) is 4.98 Å². The number of thiazole rings is 1. The van der Waals surface area contributed by atoms with Gasteiger partial charge in [0.1, 0.15) is 6.26 Å². The maximum Gasteiger partial charge on any atom is 0.301 e. The lowest BCUT2D eigenvalue weighted by molar-refractivity contribution is 0.599. The number of rotatable bonds is 2. The normalized spacial score (nSPS) is 13.8. The van der Waals surface area contributed by atoms with E-state index in [-0.39, 0.29) is 0 Å². The summed E-state index contributed by atoms with van der Waals surface area (Å²) in [6.45, 7) is 6.23. The molecular weight excluding hydrogens is 190 g/mol. The van der Waals surface area contributed by atoms with Gasteiger partial charge >= 0.3 is 4.34 Å². The molecule has 12 heavy (non-hydrogen) atoms. The molecular formula is C8H13NOS2. The summed E-state index contributed by atoms with van der Waals surface area (Å²) in [6, 6.07) is 0. The summed E-state index contributed by atoms with van der Waals surface area (Å²) in [5.41, 5.74) is 1.09. The van der Waals surface area contributed by atoms with Crippen LogP contribution in [-0.2, 0) is 11.2 Å². The van der Waals surface area contributed by atoms with Gasteiger partial charge in [-0.25, -0.2) is 0 Å². The van der Waals surface area contributed by atoms with Crippen molar-refractivity contribution in [3.63, 3.8) is 0 Å². The summed E-state index contributed by atoms with van der Waals surface area (Å²) in [6.07, 6.45) is 1.67. The lowest BCUT2D eigenvalue weighted by atomic mass is 10.1. The maximum absolute atomic E-state index is 11.1. The molecule has 0 saturated carbocycles. The summed E-state index contributed by atoms with van der Waals surface area (Å²) in [5, 5.41) is 0. The van der Waals surface area contributed by atoms with Crippen LogP contribution in [0.4, 0.5) is 0 Å². The number of aromatic nitrogens is 1. The average Bonchev–Trinajstić information content (AvgIpc) is 2.30. The molecule has 0 aromatic carbocycles. The Labute approximate surface area is 80.2 Å². The van der Waals surface area contributed by atoms with Crippen LogP contribution in [0.5, 0.6) is 0 Å². The van der Waals surface area contributed by atoms with E-state index >= 15 is 0 Å². The first kappa shape index (κ1) is 10.0. The van der Waals surface area contributed by atoms with Gasteiger partial charge in [-0.3, -0.25) is 0 Å². The van der Waals surface area contributed by atoms with Gasteiger partial charge in [0, 0.05) is 16.1 Å². The summed E-state index contributed by atoms with van der Waals surface area (Å²) in [4.78, 5) is 5.52. The van der Waals surface area contributed by atoms with E-state index in [1.807, 2.05) is 6.92 Å². The molecule has 2 nitrogen and oxygen atoms in total. The highest BCUT2D eigenvalue weighted by Crippen LogP contribution is 2.26. The van der Waals surface area contributed by atoms with Crippen LogP contribution in [0.25, 0.3) is 0 Å². The standard InChI is InChI=1S/C8H13NOS2/c1-5(2)7-6(3)11-8(9-7)12(4)10/h5H,1-4H3. The third-order valence-electron chi connectivity index (χ3n) is 1.61. The molecule has 68 valence electrons. The van der Waals surface area contributed by atoms with Crippen LogP contribution in [0.15, 0.2) is 4.34 Å². The zero-order chi connectivity index (χ0) is 9.30. The first-order valence-electron chi connectivity index (χ1n) is 3.83. The van der Waals surface area contributed by atoms with E-state index in [2.05, 4.69) is 18.8 Å². The molecule has 1 aromatic rings. The monoisotopic (exact) mass is 203 g/mol. The maximum atomic E-state index is 11.1. The van der Waals surface area contributed by atoms with Crippen molar-refractivity contribution in [2.24, 2.45) is 0 Å². The van der Waals surface area contributed by atoms with E-state index in [0.29, 0.717) is 5.92 Å². The summed E-state index contributed by atoms with van der Waals surface area (Å²) in [5.74, 6) is 0.429. The van der Waals surface area contributed by atoms with Crippen LogP contribution in [0, 0.1) is 6.92 Å². The third-order valence-corrected chi connectivity index (χ3v) is 3.92. The van der Waals surface area contributed by atoms with Crippen LogP contribution in [0.3, 0.4) is 0 Å². The van der Waals surface area contributed by atoms with E-state index in [1.165, 1.54) is 16.2 Å². The fraction of sp³-hybridized carbons (Fsp3) is 0.625. The van der Waals surface area contributed by atoms with Gasteiger partial charge in [-0.05, 0) is 12.8 Å². The predicted molar refractivity (Wildman–Crippen MR) is 53.3 cm³/mol. The number of aryl methyl sites for hydroxylation is 1. The van der Waals surface area contributed by atoms with E-state index in [0.717, 1.165) is 10.0 Å². The van der Waals surface area contributed by atoms with Crippen molar-refractivity contribution in [2.45, 2.75) is 31.0 Å². The fourth-order valence-corrected chi connectivity index (χ4v) is 2.90. The first-order chi connectivity index (χ1) is 5.52. The minimum atomic E-state index is -0.928. The van der Waals surface area contributed by atoms with Gasteiger partial charge in [-0.15, -0.1) is 0 Å². The Kier molecular flexibility index (Phi) is 3.15. The van der Waals surface area contributed by atoms with Crippen LogP contribution in [-0.4, -0.2) is 15.8 Å². The van der Waals surface area contributed by atoms with E-state index in [9.17, 15) is 4.55 Å². The summed E-state index contributed by atoms with van der Waals surface area (Å²) < 4.78 is 11.8. The minimum Gasteiger partial charge on any atom is -0.610 e. The molecule has 0 radical (unpaired) electrons. The molecule has 0 saturated heterocycles. The molecule has 0 N–H and O–H groups in total. The highest BCUT2D eigenvalue weighted by Gasteiger charge is 2.16. The molecule has 1 rings (SSSR count). The first-order valence-corrected chi connectivity index (χ1v) is 6.20. The summed E-state index contributed by atoms with van der Waals surface area (Å²) in [7, 11) is 0. The Balaban J connectivity index is 3.00. The predicted octanol–water partition coefficient (Wildman–Crippen LogP) is 2.31. The van der Waals surface area contributed by atoms with E-state index < -0.39 is 11.2 Å². The van der Waals surface area contributed by atoms with Crippen molar-refractivity contribution in [3.8, 4) is 0 Å².